The van der Waals surface area contributed by atoms with Crippen molar-refractivity contribution in [2.24, 2.45) is 0 Å². The summed E-state index contributed by atoms with van der Waals surface area (Å²) in [5, 5.41) is 0. The fraction of sp³-hybridized carbons (Fsp3) is 0.222. The lowest BCUT2D eigenvalue weighted by Crippen LogP contribution is -2.03. The number of carbonyl (C=O) groups is 1. The standard InChI is InChI=1S/C9H11O4P/c1-12-14(11,13-2)9(10)8-6-4-3-5-7-8/h3-7H,1-2H3. The molecule has 4 nitrogen and oxygen atoms in total. The zero-order valence-electron chi connectivity index (χ0n) is 7.97. The average molecular weight is 214 g/mol. The van der Waals surface area contributed by atoms with Crippen LogP contribution in [0.15, 0.2) is 30.3 Å². The van der Waals surface area contributed by atoms with Crippen molar-refractivity contribution in [3.63, 3.8) is 0 Å². The Kier molecular flexibility index (Phi) is 3.58. The second kappa shape index (κ2) is 4.51. The average Bonchev–Trinajstić information content (AvgIpc) is 2.28. The van der Waals surface area contributed by atoms with E-state index in [0.29, 0.717) is 5.56 Å². The van der Waals surface area contributed by atoms with E-state index in [0.717, 1.165) is 0 Å². The molecule has 0 atom stereocenters. The largest absolute Gasteiger partial charge is 0.401 e. The smallest absolute Gasteiger partial charge is 0.306 e. The van der Waals surface area contributed by atoms with Crippen molar-refractivity contribution in [3.8, 4) is 0 Å². The molecule has 1 aromatic carbocycles. The van der Waals surface area contributed by atoms with Gasteiger partial charge in [-0.2, -0.15) is 0 Å². The van der Waals surface area contributed by atoms with E-state index in [2.05, 4.69) is 9.05 Å². The predicted molar refractivity (Wildman–Crippen MR) is 52.4 cm³/mol. The van der Waals surface area contributed by atoms with E-state index in [1.807, 2.05) is 0 Å². The minimum atomic E-state index is -3.63. The van der Waals surface area contributed by atoms with Crippen LogP contribution in [0.3, 0.4) is 0 Å². The molecule has 0 unspecified atom stereocenters. The summed E-state index contributed by atoms with van der Waals surface area (Å²) in [7, 11) is -1.26. The molecule has 0 saturated carbocycles. The van der Waals surface area contributed by atoms with E-state index in [1.165, 1.54) is 14.2 Å². The van der Waals surface area contributed by atoms with Crippen LogP contribution >= 0.6 is 7.60 Å². The minimum Gasteiger partial charge on any atom is -0.306 e. The Labute approximate surface area is 82.4 Å². The first-order valence-electron chi connectivity index (χ1n) is 3.95. The maximum Gasteiger partial charge on any atom is 0.401 e. The van der Waals surface area contributed by atoms with Crippen molar-refractivity contribution in [3.05, 3.63) is 35.9 Å². The summed E-state index contributed by atoms with van der Waals surface area (Å²) in [5.74, 6) is 0. The van der Waals surface area contributed by atoms with Crippen LogP contribution < -0.4 is 0 Å². The number of benzene rings is 1. The predicted octanol–water partition coefficient (Wildman–Crippen LogP) is 2.31. The summed E-state index contributed by atoms with van der Waals surface area (Å²) >= 11 is 0. The van der Waals surface area contributed by atoms with Crippen LogP contribution in [-0.2, 0) is 13.6 Å². The number of carbonyl (C=O) groups excluding carboxylic acids is 1. The van der Waals surface area contributed by atoms with E-state index in [9.17, 15) is 9.36 Å². The van der Waals surface area contributed by atoms with Gasteiger partial charge in [-0.05, 0) is 0 Å². The van der Waals surface area contributed by atoms with Gasteiger partial charge < -0.3 is 9.05 Å². The van der Waals surface area contributed by atoms with Gasteiger partial charge in [0, 0.05) is 19.8 Å². The number of hydrogen-bond acceptors (Lipinski definition) is 4. The molecule has 1 rings (SSSR count). The van der Waals surface area contributed by atoms with Gasteiger partial charge in [0.25, 0.3) is 5.52 Å². The van der Waals surface area contributed by atoms with Gasteiger partial charge in [0.15, 0.2) is 0 Å². The van der Waals surface area contributed by atoms with Crippen LogP contribution in [0.4, 0.5) is 0 Å². The van der Waals surface area contributed by atoms with E-state index < -0.39 is 13.1 Å². The van der Waals surface area contributed by atoms with Crippen LogP contribution in [0.2, 0.25) is 0 Å². The quantitative estimate of drug-likeness (QED) is 0.721. The highest BCUT2D eigenvalue weighted by molar-refractivity contribution is 7.72. The molecule has 0 radical (unpaired) electrons. The fourth-order valence-electron chi connectivity index (χ4n) is 0.979. The summed E-state index contributed by atoms with van der Waals surface area (Å²) in [6, 6.07) is 8.26. The molecule has 0 spiro atoms. The van der Waals surface area contributed by atoms with Crippen LogP contribution in [0.25, 0.3) is 0 Å². The summed E-state index contributed by atoms with van der Waals surface area (Å²) in [4.78, 5) is 11.6. The van der Waals surface area contributed by atoms with Crippen LogP contribution in [-0.4, -0.2) is 19.7 Å². The minimum absolute atomic E-state index is 0.319. The molecule has 76 valence electrons. The lowest BCUT2D eigenvalue weighted by atomic mass is 10.2. The zero-order chi connectivity index (χ0) is 10.6. The Balaban J connectivity index is 3.02. The molecule has 0 saturated heterocycles. The van der Waals surface area contributed by atoms with Crippen LogP contribution in [0, 0.1) is 0 Å². The molecule has 0 aliphatic carbocycles. The molecule has 0 heterocycles. The Bertz CT molecular complexity index is 352. The van der Waals surface area contributed by atoms with Gasteiger partial charge in [-0.25, -0.2) is 0 Å². The maximum absolute atomic E-state index is 11.7. The van der Waals surface area contributed by atoms with Crippen molar-refractivity contribution >= 4 is 13.1 Å². The number of hydrogen-bond donors (Lipinski definition) is 0. The molecular formula is C9H11O4P. The van der Waals surface area contributed by atoms with E-state index in [4.69, 9.17) is 0 Å². The molecular weight excluding hydrogens is 203 g/mol. The van der Waals surface area contributed by atoms with Crippen molar-refractivity contribution in [2.75, 3.05) is 14.2 Å². The van der Waals surface area contributed by atoms with E-state index >= 15 is 0 Å². The van der Waals surface area contributed by atoms with Gasteiger partial charge in [0.1, 0.15) is 0 Å². The molecule has 0 aliphatic rings. The summed E-state index contributed by atoms with van der Waals surface area (Å²) < 4.78 is 20.8. The highest BCUT2D eigenvalue weighted by Crippen LogP contribution is 2.49. The third kappa shape index (κ3) is 2.10. The lowest BCUT2D eigenvalue weighted by molar-refractivity contribution is 0.102. The van der Waals surface area contributed by atoms with Gasteiger partial charge in [0.2, 0.25) is 0 Å². The highest BCUT2D eigenvalue weighted by atomic mass is 31.2. The topological polar surface area (TPSA) is 52.6 Å². The first-order valence-corrected chi connectivity index (χ1v) is 5.50. The molecule has 5 heteroatoms. The maximum atomic E-state index is 11.7. The van der Waals surface area contributed by atoms with Crippen molar-refractivity contribution < 1.29 is 18.4 Å². The van der Waals surface area contributed by atoms with Crippen molar-refractivity contribution in [1.82, 2.24) is 0 Å². The normalized spacial score (nSPS) is 11.3. The zero-order valence-corrected chi connectivity index (χ0v) is 8.86. The highest BCUT2D eigenvalue weighted by Gasteiger charge is 2.32. The van der Waals surface area contributed by atoms with Crippen LogP contribution in [0.1, 0.15) is 10.4 Å². The Morgan fingerprint density at radius 1 is 1.14 bits per heavy atom. The molecule has 0 N–H and O–H groups in total. The Morgan fingerprint density at radius 2 is 1.64 bits per heavy atom. The molecule has 0 fully saturated rings. The van der Waals surface area contributed by atoms with Gasteiger partial charge in [-0.3, -0.25) is 9.36 Å². The molecule has 0 bridgehead atoms. The molecule has 14 heavy (non-hydrogen) atoms. The van der Waals surface area contributed by atoms with Crippen molar-refractivity contribution in [1.29, 1.82) is 0 Å². The third-order valence-electron chi connectivity index (χ3n) is 1.75. The first kappa shape index (κ1) is 11.1. The van der Waals surface area contributed by atoms with E-state index in [-0.39, 0.29) is 0 Å². The number of rotatable bonds is 4. The Hall–Kier alpha value is -0.960. The Morgan fingerprint density at radius 3 is 2.07 bits per heavy atom. The van der Waals surface area contributed by atoms with E-state index in [1.54, 1.807) is 30.3 Å². The summed E-state index contributed by atoms with van der Waals surface area (Å²) in [6.07, 6.45) is 0. The molecule has 0 aromatic heterocycles. The van der Waals surface area contributed by atoms with Gasteiger partial charge >= 0.3 is 7.60 Å². The lowest BCUT2D eigenvalue weighted by Gasteiger charge is -2.11. The second-order valence-corrected chi connectivity index (χ2v) is 4.67. The molecule has 0 amide bonds. The van der Waals surface area contributed by atoms with Gasteiger partial charge in [0.05, 0.1) is 0 Å². The molecule has 1 aromatic rings. The van der Waals surface area contributed by atoms with Crippen molar-refractivity contribution in [2.45, 2.75) is 0 Å². The third-order valence-corrected chi connectivity index (χ3v) is 3.47. The SMILES string of the molecule is COP(=O)(OC)C(=O)c1ccccc1. The van der Waals surface area contributed by atoms with Gasteiger partial charge in [-0.15, -0.1) is 0 Å². The first-order chi connectivity index (χ1) is 6.64. The fourth-order valence-corrected chi connectivity index (χ4v) is 1.93. The van der Waals surface area contributed by atoms with Crippen LogP contribution in [0.5, 0.6) is 0 Å². The molecule has 0 aliphatic heterocycles. The summed E-state index contributed by atoms with van der Waals surface area (Å²) in [6.45, 7) is 0. The second-order valence-electron chi connectivity index (χ2n) is 2.53. The van der Waals surface area contributed by atoms with Gasteiger partial charge in [-0.1, -0.05) is 30.3 Å². The monoisotopic (exact) mass is 214 g/mol. The summed E-state index contributed by atoms with van der Waals surface area (Å²) in [5.41, 5.74) is -0.303.